The fourth-order valence-corrected chi connectivity index (χ4v) is 5.44. The molecule has 3 aliphatic heterocycles. The normalized spacial score (nSPS) is 28.4. The molecular formula is C21H33N3O3. The van der Waals surface area contributed by atoms with Crippen LogP contribution in [0.2, 0.25) is 0 Å². The van der Waals surface area contributed by atoms with Gasteiger partial charge >= 0.3 is 0 Å². The van der Waals surface area contributed by atoms with Gasteiger partial charge in [0.2, 0.25) is 17.7 Å². The van der Waals surface area contributed by atoms with Gasteiger partial charge in [0.1, 0.15) is 0 Å². The standard InChI is InChI=1S/C21H33N3O3/c25-19-6-3-11-23(19)14-16-9-12-22(13-10-16)21(27)17-7-8-20(26)24(15-17)18-4-1-2-5-18/h16-18H,1-15H2/t17-/m0/s1. The van der Waals surface area contributed by atoms with Crippen molar-refractivity contribution in [1.82, 2.24) is 14.7 Å². The molecule has 4 fully saturated rings. The van der Waals surface area contributed by atoms with Crippen molar-refractivity contribution in [3.05, 3.63) is 0 Å². The van der Waals surface area contributed by atoms with Gasteiger partial charge in [0.15, 0.2) is 0 Å². The Balaban J connectivity index is 1.27. The minimum atomic E-state index is -0.0139. The van der Waals surface area contributed by atoms with Gasteiger partial charge in [-0.3, -0.25) is 14.4 Å². The van der Waals surface area contributed by atoms with Gasteiger partial charge in [-0.2, -0.15) is 0 Å². The highest BCUT2D eigenvalue weighted by Gasteiger charge is 2.37. The Bertz CT molecular complexity index is 579. The Morgan fingerprint density at radius 2 is 1.59 bits per heavy atom. The second kappa shape index (κ2) is 8.19. The molecule has 3 amide bonds. The molecule has 0 aromatic carbocycles. The molecule has 1 aliphatic carbocycles. The number of rotatable bonds is 4. The molecule has 6 nitrogen and oxygen atoms in total. The molecule has 0 spiro atoms. The first-order chi connectivity index (χ1) is 13.1. The average Bonchev–Trinajstić information content (AvgIpc) is 3.35. The summed E-state index contributed by atoms with van der Waals surface area (Å²) in [4.78, 5) is 43.2. The zero-order chi connectivity index (χ0) is 18.8. The molecule has 1 atom stereocenters. The van der Waals surface area contributed by atoms with Crippen molar-refractivity contribution in [2.45, 2.75) is 70.3 Å². The van der Waals surface area contributed by atoms with E-state index < -0.39 is 0 Å². The van der Waals surface area contributed by atoms with Crippen molar-refractivity contribution in [2.24, 2.45) is 11.8 Å². The quantitative estimate of drug-likeness (QED) is 0.755. The Kier molecular flexibility index (Phi) is 5.69. The minimum Gasteiger partial charge on any atom is -0.342 e. The summed E-state index contributed by atoms with van der Waals surface area (Å²) in [5.41, 5.74) is 0. The fourth-order valence-electron chi connectivity index (χ4n) is 5.44. The van der Waals surface area contributed by atoms with Gasteiger partial charge in [-0.05, 0) is 44.4 Å². The molecule has 3 saturated heterocycles. The minimum absolute atomic E-state index is 0.0139. The number of likely N-dealkylation sites (tertiary alicyclic amines) is 3. The van der Waals surface area contributed by atoms with Crippen molar-refractivity contribution in [2.75, 3.05) is 32.7 Å². The maximum atomic E-state index is 13.0. The summed E-state index contributed by atoms with van der Waals surface area (Å²) in [6.07, 6.45) is 9.55. The van der Waals surface area contributed by atoms with Crippen LogP contribution in [0.25, 0.3) is 0 Å². The maximum absolute atomic E-state index is 13.0. The number of hydrogen-bond acceptors (Lipinski definition) is 3. The predicted molar refractivity (Wildman–Crippen MR) is 102 cm³/mol. The van der Waals surface area contributed by atoms with E-state index in [0.717, 1.165) is 58.3 Å². The molecule has 0 unspecified atom stereocenters. The van der Waals surface area contributed by atoms with Gasteiger partial charge in [0.25, 0.3) is 0 Å². The van der Waals surface area contributed by atoms with Crippen molar-refractivity contribution in [3.63, 3.8) is 0 Å². The van der Waals surface area contributed by atoms with Crippen LogP contribution in [0, 0.1) is 11.8 Å². The van der Waals surface area contributed by atoms with E-state index in [1.54, 1.807) is 0 Å². The lowest BCUT2D eigenvalue weighted by atomic mass is 9.91. The zero-order valence-electron chi connectivity index (χ0n) is 16.4. The number of carbonyl (C=O) groups excluding carboxylic acids is 3. The van der Waals surface area contributed by atoms with Crippen LogP contribution in [-0.2, 0) is 14.4 Å². The van der Waals surface area contributed by atoms with E-state index >= 15 is 0 Å². The first-order valence-corrected chi connectivity index (χ1v) is 11.0. The van der Waals surface area contributed by atoms with E-state index in [-0.39, 0.29) is 17.7 Å². The van der Waals surface area contributed by atoms with Gasteiger partial charge < -0.3 is 14.7 Å². The van der Waals surface area contributed by atoms with Crippen LogP contribution in [0.15, 0.2) is 0 Å². The van der Waals surface area contributed by atoms with E-state index in [2.05, 4.69) is 0 Å². The van der Waals surface area contributed by atoms with E-state index in [9.17, 15) is 14.4 Å². The topological polar surface area (TPSA) is 60.9 Å². The van der Waals surface area contributed by atoms with Crippen LogP contribution in [0.3, 0.4) is 0 Å². The van der Waals surface area contributed by atoms with E-state index in [1.807, 2.05) is 14.7 Å². The maximum Gasteiger partial charge on any atom is 0.227 e. The highest BCUT2D eigenvalue weighted by Crippen LogP contribution is 2.30. The summed E-state index contributed by atoms with van der Waals surface area (Å²) in [5, 5.41) is 0. The van der Waals surface area contributed by atoms with Gasteiger partial charge in [-0.25, -0.2) is 0 Å². The monoisotopic (exact) mass is 375 g/mol. The number of hydrogen-bond donors (Lipinski definition) is 0. The van der Waals surface area contributed by atoms with Gasteiger partial charge in [-0.15, -0.1) is 0 Å². The lowest BCUT2D eigenvalue weighted by Gasteiger charge is -2.40. The molecule has 0 aromatic rings. The van der Waals surface area contributed by atoms with Gasteiger partial charge in [0, 0.05) is 51.6 Å². The number of nitrogens with zero attached hydrogens (tertiary/aromatic N) is 3. The summed E-state index contributed by atoms with van der Waals surface area (Å²) in [6.45, 7) is 4.02. The molecule has 150 valence electrons. The number of piperidine rings is 2. The Hall–Kier alpha value is -1.59. The Morgan fingerprint density at radius 3 is 2.26 bits per heavy atom. The molecule has 3 heterocycles. The fraction of sp³-hybridized carbons (Fsp3) is 0.857. The molecule has 6 heteroatoms. The van der Waals surface area contributed by atoms with Gasteiger partial charge in [0.05, 0.1) is 5.92 Å². The molecule has 0 bridgehead atoms. The van der Waals surface area contributed by atoms with Crippen LogP contribution in [0.4, 0.5) is 0 Å². The Labute approximate surface area is 162 Å². The van der Waals surface area contributed by atoms with Crippen LogP contribution < -0.4 is 0 Å². The summed E-state index contributed by atoms with van der Waals surface area (Å²) in [7, 11) is 0. The third kappa shape index (κ3) is 4.14. The molecule has 0 aromatic heterocycles. The lowest BCUT2D eigenvalue weighted by Crippen LogP contribution is -2.51. The highest BCUT2D eigenvalue weighted by atomic mass is 16.2. The molecule has 4 rings (SSSR count). The lowest BCUT2D eigenvalue weighted by molar-refractivity contribution is -0.146. The molecule has 27 heavy (non-hydrogen) atoms. The van der Waals surface area contributed by atoms with Crippen molar-refractivity contribution in [3.8, 4) is 0 Å². The third-order valence-corrected chi connectivity index (χ3v) is 7.13. The molecule has 4 aliphatic rings. The largest absolute Gasteiger partial charge is 0.342 e. The molecule has 0 N–H and O–H groups in total. The summed E-state index contributed by atoms with van der Waals surface area (Å²) in [5.74, 6) is 1.31. The van der Waals surface area contributed by atoms with E-state index in [4.69, 9.17) is 0 Å². The first-order valence-electron chi connectivity index (χ1n) is 11.0. The second-order valence-corrected chi connectivity index (χ2v) is 8.93. The van der Waals surface area contributed by atoms with Crippen molar-refractivity contribution >= 4 is 17.7 Å². The highest BCUT2D eigenvalue weighted by molar-refractivity contribution is 5.84. The van der Waals surface area contributed by atoms with Crippen LogP contribution in [0.1, 0.15) is 64.2 Å². The van der Waals surface area contributed by atoms with E-state index in [0.29, 0.717) is 43.7 Å². The summed E-state index contributed by atoms with van der Waals surface area (Å²) >= 11 is 0. The third-order valence-electron chi connectivity index (χ3n) is 7.13. The summed E-state index contributed by atoms with van der Waals surface area (Å²) in [6, 6.07) is 0.372. The van der Waals surface area contributed by atoms with Crippen LogP contribution in [0.5, 0.6) is 0 Å². The van der Waals surface area contributed by atoms with Gasteiger partial charge in [-0.1, -0.05) is 12.8 Å². The van der Waals surface area contributed by atoms with Crippen molar-refractivity contribution in [1.29, 1.82) is 0 Å². The Morgan fingerprint density at radius 1 is 0.852 bits per heavy atom. The summed E-state index contributed by atoms with van der Waals surface area (Å²) < 4.78 is 0. The SMILES string of the molecule is O=C1CCCN1CC1CCN(C(=O)[C@H]2CCC(=O)N(C3CCCC3)C2)CC1. The average molecular weight is 376 g/mol. The smallest absolute Gasteiger partial charge is 0.227 e. The second-order valence-electron chi connectivity index (χ2n) is 8.93. The zero-order valence-corrected chi connectivity index (χ0v) is 16.4. The molecule has 0 radical (unpaired) electrons. The van der Waals surface area contributed by atoms with Crippen molar-refractivity contribution < 1.29 is 14.4 Å². The predicted octanol–water partition coefficient (Wildman–Crippen LogP) is 2.03. The first kappa shape index (κ1) is 18.8. The number of carbonyl (C=O) groups is 3. The molecule has 1 saturated carbocycles. The molecular weight excluding hydrogens is 342 g/mol. The van der Waals surface area contributed by atoms with E-state index in [1.165, 1.54) is 12.8 Å². The van der Waals surface area contributed by atoms with Crippen LogP contribution in [-0.4, -0.2) is 71.2 Å². The number of amides is 3. The van der Waals surface area contributed by atoms with Crippen LogP contribution >= 0.6 is 0 Å².